The maximum Gasteiger partial charge on any atom is 0.257 e. The normalized spacial score (nSPS) is 11.4. The number of benzene rings is 2. The summed E-state index contributed by atoms with van der Waals surface area (Å²) in [4.78, 5) is 12.5. The van der Waals surface area contributed by atoms with E-state index in [1.54, 1.807) is 12.1 Å². The molecule has 2 aromatic carbocycles. The van der Waals surface area contributed by atoms with E-state index in [0.717, 1.165) is 4.31 Å². The van der Waals surface area contributed by atoms with Gasteiger partial charge in [0.15, 0.2) is 0 Å². The highest BCUT2D eigenvalue weighted by Gasteiger charge is 2.21. The summed E-state index contributed by atoms with van der Waals surface area (Å²) in [6.45, 7) is 0. The summed E-state index contributed by atoms with van der Waals surface area (Å²) < 4.78 is 30.8. The molecule has 0 saturated heterocycles. The van der Waals surface area contributed by atoms with Gasteiger partial charge in [-0.2, -0.15) is 0 Å². The zero-order valence-electron chi connectivity index (χ0n) is 13.7. The number of amides is 1. The molecule has 0 radical (unpaired) electrons. The van der Waals surface area contributed by atoms with Gasteiger partial charge < -0.3 is 10.1 Å². The molecule has 0 heterocycles. The predicted octanol–water partition coefficient (Wildman–Crippen LogP) is 3.50. The number of nitrogens with zero attached hydrogens (tertiary/aromatic N) is 1. The van der Waals surface area contributed by atoms with Crippen molar-refractivity contribution in [3.05, 3.63) is 52.0 Å². The van der Waals surface area contributed by atoms with Gasteiger partial charge >= 0.3 is 0 Å². The standard InChI is InChI=1S/C16H16Cl2N2O4S/c1-20(2)25(22,23)10-7-8-14(24-3)13(9-10)19-16(21)11-5-4-6-12(17)15(11)18/h4-9H,1-3H3,(H,19,21). The van der Waals surface area contributed by atoms with Gasteiger partial charge in [0.1, 0.15) is 5.75 Å². The number of carbonyl (C=O) groups excluding carboxylic acids is 1. The van der Waals surface area contributed by atoms with E-state index >= 15 is 0 Å². The Kier molecular flexibility index (Phi) is 5.95. The van der Waals surface area contributed by atoms with Crippen molar-refractivity contribution >= 4 is 44.8 Å². The largest absolute Gasteiger partial charge is 0.495 e. The number of sulfonamides is 1. The van der Waals surface area contributed by atoms with Crippen LogP contribution in [0.5, 0.6) is 5.75 Å². The summed E-state index contributed by atoms with van der Waals surface area (Å²) in [6, 6.07) is 8.85. The molecule has 0 aliphatic rings. The Morgan fingerprint density at radius 2 is 1.84 bits per heavy atom. The summed E-state index contributed by atoms with van der Waals surface area (Å²) in [5.74, 6) is -0.227. The lowest BCUT2D eigenvalue weighted by Crippen LogP contribution is -2.22. The molecule has 0 bridgehead atoms. The fourth-order valence-electron chi connectivity index (χ4n) is 2.02. The average Bonchev–Trinajstić information content (AvgIpc) is 2.56. The molecular weight excluding hydrogens is 387 g/mol. The third kappa shape index (κ3) is 4.07. The van der Waals surface area contributed by atoms with Gasteiger partial charge in [0.2, 0.25) is 10.0 Å². The lowest BCUT2D eigenvalue weighted by atomic mass is 10.2. The predicted molar refractivity (Wildman–Crippen MR) is 98.3 cm³/mol. The Morgan fingerprint density at radius 3 is 2.44 bits per heavy atom. The summed E-state index contributed by atoms with van der Waals surface area (Å²) in [5.41, 5.74) is 0.364. The van der Waals surface area contributed by atoms with Crippen LogP contribution in [0.2, 0.25) is 10.0 Å². The number of carbonyl (C=O) groups is 1. The summed E-state index contributed by atoms with van der Waals surface area (Å²) >= 11 is 12.0. The number of hydrogen-bond donors (Lipinski definition) is 1. The van der Waals surface area contributed by atoms with Crippen molar-refractivity contribution in [1.82, 2.24) is 4.31 Å². The second-order valence-corrected chi connectivity index (χ2v) is 8.14. The molecule has 134 valence electrons. The fraction of sp³-hybridized carbons (Fsp3) is 0.188. The van der Waals surface area contributed by atoms with E-state index in [-0.39, 0.29) is 26.2 Å². The van der Waals surface area contributed by atoms with Crippen LogP contribution in [0.4, 0.5) is 5.69 Å². The first-order chi connectivity index (χ1) is 11.7. The maximum atomic E-state index is 12.5. The smallest absolute Gasteiger partial charge is 0.257 e. The van der Waals surface area contributed by atoms with Crippen LogP contribution in [0.3, 0.4) is 0 Å². The van der Waals surface area contributed by atoms with Crippen LogP contribution in [0, 0.1) is 0 Å². The van der Waals surface area contributed by atoms with Gasteiger partial charge in [-0.25, -0.2) is 12.7 Å². The molecule has 0 aromatic heterocycles. The topological polar surface area (TPSA) is 75.7 Å². The Morgan fingerprint density at radius 1 is 1.16 bits per heavy atom. The molecule has 0 spiro atoms. The molecule has 0 saturated carbocycles. The number of halogens is 2. The summed E-state index contributed by atoms with van der Waals surface area (Å²) in [5, 5.41) is 2.96. The molecule has 0 aliphatic heterocycles. The number of ether oxygens (including phenoxy) is 1. The SMILES string of the molecule is COc1ccc(S(=O)(=O)N(C)C)cc1NC(=O)c1cccc(Cl)c1Cl. The highest BCUT2D eigenvalue weighted by Crippen LogP contribution is 2.31. The Balaban J connectivity index is 2.44. The number of anilines is 1. The minimum absolute atomic E-state index is 0.0193. The van der Waals surface area contributed by atoms with Crippen molar-refractivity contribution in [2.24, 2.45) is 0 Å². The highest BCUT2D eigenvalue weighted by atomic mass is 35.5. The van der Waals surface area contributed by atoms with Crippen LogP contribution in [0.25, 0.3) is 0 Å². The van der Waals surface area contributed by atoms with E-state index in [0.29, 0.717) is 5.75 Å². The van der Waals surface area contributed by atoms with E-state index in [2.05, 4.69) is 5.32 Å². The van der Waals surface area contributed by atoms with Crippen molar-refractivity contribution in [3.63, 3.8) is 0 Å². The van der Waals surface area contributed by atoms with Gasteiger partial charge in [0, 0.05) is 14.1 Å². The van der Waals surface area contributed by atoms with Crippen molar-refractivity contribution in [3.8, 4) is 5.75 Å². The average molecular weight is 403 g/mol. The van der Waals surface area contributed by atoms with E-state index in [4.69, 9.17) is 27.9 Å². The molecule has 1 amide bonds. The van der Waals surface area contributed by atoms with Crippen LogP contribution in [-0.4, -0.2) is 39.8 Å². The van der Waals surface area contributed by atoms with Crippen LogP contribution >= 0.6 is 23.2 Å². The number of hydrogen-bond acceptors (Lipinski definition) is 4. The van der Waals surface area contributed by atoms with Gasteiger partial charge in [-0.3, -0.25) is 4.79 Å². The molecule has 0 unspecified atom stereocenters. The van der Waals surface area contributed by atoms with E-state index in [1.165, 1.54) is 45.5 Å². The molecule has 1 N–H and O–H groups in total. The van der Waals surface area contributed by atoms with Crippen LogP contribution < -0.4 is 10.1 Å². The molecule has 0 fully saturated rings. The highest BCUT2D eigenvalue weighted by molar-refractivity contribution is 7.89. The zero-order chi connectivity index (χ0) is 18.8. The Bertz CT molecular complexity index is 914. The first-order valence-electron chi connectivity index (χ1n) is 7.04. The van der Waals surface area contributed by atoms with Crippen LogP contribution in [0.1, 0.15) is 10.4 Å². The minimum Gasteiger partial charge on any atom is -0.495 e. The minimum atomic E-state index is -3.66. The molecule has 6 nitrogen and oxygen atoms in total. The molecule has 2 aromatic rings. The number of rotatable bonds is 5. The van der Waals surface area contributed by atoms with Crippen molar-refractivity contribution < 1.29 is 17.9 Å². The molecule has 9 heteroatoms. The van der Waals surface area contributed by atoms with E-state index in [1.807, 2.05) is 0 Å². The molecule has 0 atom stereocenters. The lowest BCUT2D eigenvalue weighted by molar-refractivity contribution is 0.102. The van der Waals surface area contributed by atoms with Gasteiger partial charge in [-0.1, -0.05) is 29.3 Å². The zero-order valence-corrected chi connectivity index (χ0v) is 16.0. The molecular formula is C16H16Cl2N2O4S. The van der Waals surface area contributed by atoms with Crippen molar-refractivity contribution in [1.29, 1.82) is 0 Å². The monoisotopic (exact) mass is 402 g/mol. The maximum absolute atomic E-state index is 12.5. The van der Waals surface area contributed by atoms with Gasteiger partial charge in [0.25, 0.3) is 5.91 Å². The quantitative estimate of drug-likeness (QED) is 0.829. The lowest BCUT2D eigenvalue weighted by Gasteiger charge is -2.15. The van der Waals surface area contributed by atoms with Crippen LogP contribution in [-0.2, 0) is 10.0 Å². The number of nitrogens with one attached hydrogen (secondary N) is 1. The van der Waals surface area contributed by atoms with Gasteiger partial charge in [-0.05, 0) is 30.3 Å². The number of methoxy groups -OCH3 is 1. The summed E-state index contributed by atoms with van der Waals surface area (Å²) in [6.07, 6.45) is 0. The third-order valence-corrected chi connectivity index (χ3v) is 6.02. The third-order valence-electron chi connectivity index (χ3n) is 3.39. The summed E-state index contributed by atoms with van der Waals surface area (Å²) in [7, 11) is 0.594. The van der Waals surface area contributed by atoms with E-state index < -0.39 is 15.9 Å². The first-order valence-corrected chi connectivity index (χ1v) is 9.24. The Labute approximate surface area is 156 Å². The molecule has 0 aliphatic carbocycles. The second kappa shape index (κ2) is 7.61. The second-order valence-electron chi connectivity index (χ2n) is 5.21. The fourth-order valence-corrected chi connectivity index (χ4v) is 3.34. The van der Waals surface area contributed by atoms with Crippen molar-refractivity contribution in [2.45, 2.75) is 4.90 Å². The molecule has 25 heavy (non-hydrogen) atoms. The molecule has 2 rings (SSSR count). The van der Waals surface area contributed by atoms with Gasteiger partial charge in [0.05, 0.1) is 33.3 Å². The van der Waals surface area contributed by atoms with Crippen molar-refractivity contribution in [2.75, 3.05) is 26.5 Å². The van der Waals surface area contributed by atoms with Gasteiger partial charge in [-0.15, -0.1) is 0 Å². The van der Waals surface area contributed by atoms with E-state index in [9.17, 15) is 13.2 Å². The first kappa shape index (κ1) is 19.5. The van der Waals surface area contributed by atoms with Crippen LogP contribution in [0.15, 0.2) is 41.3 Å². The Hall–Kier alpha value is -1.80.